The molecule has 1 aliphatic rings. The van der Waals surface area contributed by atoms with Gasteiger partial charge in [0.15, 0.2) is 0 Å². The molecule has 0 bridgehead atoms. The number of nitrogens with zero attached hydrogens (tertiary/aromatic N) is 1. The van der Waals surface area contributed by atoms with Crippen molar-refractivity contribution in [2.45, 2.75) is 38.7 Å². The lowest BCUT2D eigenvalue weighted by Crippen LogP contribution is -2.14. The fraction of sp³-hybridized carbons (Fsp3) is 0.438. The Labute approximate surface area is 118 Å². The molecule has 0 radical (unpaired) electrons. The summed E-state index contributed by atoms with van der Waals surface area (Å²) in [5, 5.41) is 11.3. The van der Waals surface area contributed by atoms with E-state index in [9.17, 15) is 5.11 Å². The van der Waals surface area contributed by atoms with E-state index in [0.717, 1.165) is 17.0 Å². The maximum Gasteiger partial charge on any atom is 0.131 e. The van der Waals surface area contributed by atoms with Crippen LogP contribution < -0.4 is 0 Å². The Kier molecular flexibility index (Phi) is 3.42. The van der Waals surface area contributed by atoms with Gasteiger partial charge in [0, 0.05) is 10.8 Å². The molecule has 0 amide bonds. The highest BCUT2D eigenvalue weighted by atomic mass is 32.1. The molecule has 0 saturated carbocycles. The Hall–Kier alpha value is -1.19. The first-order valence-corrected chi connectivity index (χ1v) is 7.71. The number of aryl methyl sites for hydroxylation is 1. The van der Waals surface area contributed by atoms with Crippen molar-refractivity contribution in [2.24, 2.45) is 5.92 Å². The number of fused-ring (bicyclic) bond motifs is 1. The van der Waals surface area contributed by atoms with E-state index in [-0.39, 0.29) is 0 Å². The monoisotopic (exact) mass is 273 g/mol. The van der Waals surface area contributed by atoms with Gasteiger partial charge < -0.3 is 5.11 Å². The zero-order valence-corrected chi connectivity index (χ0v) is 12.2. The zero-order chi connectivity index (χ0) is 13.4. The molecule has 3 atom stereocenters. The Bertz CT molecular complexity index is 563. The van der Waals surface area contributed by atoms with Gasteiger partial charge in [0.25, 0.3) is 0 Å². The SMILES string of the molecule is CC1CCc2sc(C(O)c3ccccc3)nc2C1C. The van der Waals surface area contributed by atoms with Gasteiger partial charge in [0.1, 0.15) is 11.1 Å². The summed E-state index contributed by atoms with van der Waals surface area (Å²) >= 11 is 1.68. The first kappa shape index (κ1) is 12.8. The van der Waals surface area contributed by atoms with Crippen molar-refractivity contribution in [2.75, 3.05) is 0 Å². The van der Waals surface area contributed by atoms with Crippen LogP contribution in [-0.2, 0) is 6.42 Å². The fourth-order valence-corrected chi connectivity index (χ4v) is 3.89. The normalized spacial score (nSPS) is 23.9. The average molecular weight is 273 g/mol. The summed E-state index contributed by atoms with van der Waals surface area (Å²) < 4.78 is 0. The van der Waals surface area contributed by atoms with Crippen LogP contribution in [0.3, 0.4) is 0 Å². The Morgan fingerprint density at radius 3 is 2.74 bits per heavy atom. The number of aromatic nitrogens is 1. The van der Waals surface area contributed by atoms with Crippen LogP contribution in [0.15, 0.2) is 30.3 Å². The summed E-state index contributed by atoms with van der Waals surface area (Å²) in [4.78, 5) is 6.10. The number of aliphatic hydroxyl groups is 1. The topological polar surface area (TPSA) is 33.1 Å². The summed E-state index contributed by atoms with van der Waals surface area (Å²) in [6.07, 6.45) is 1.76. The number of aliphatic hydroxyl groups excluding tert-OH is 1. The molecular formula is C16H19NOS. The largest absolute Gasteiger partial charge is 0.381 e. The molecule has 3 unspecified atom stereocenters. The van der Waals surface area contributed by atoms with E-state index in [0.29, 0.717) is 11.8 Å². The molecule has 3 rings (SSSR count). The van der Waals surface area contributed by atoms with Gasteiger partial charge in [0.05, 0.1) is 5.69 Å². The Balaban J connectivity index is 1.93. The molecular weight excluding hydrogens is 254 g/mol. The van der Waals surface area contributed by atoms with E-state index in [2.05, 4.69) is 13.8 Å². The Morgan fingerprint density at radius 1 is 1.26 bits per heavy atom. The van der Waals surface area contributed by atoms with Crippen LogP contribution >= 0.6 is 11.3 Å². The minimum absolute atomic E-state index is 0.511. The molecule has 1 heterocycles. The van der Waals surface area contributed by atoms with E-state index >= 15 is 0 Å². The molecule has 2 aromatic rings. The van der Waals surface area contributed by atoms with Crippen LogP contribution in [0, 0.1) is 5.92 Å². The van der Waals surface area contributed by atoms with Crippen LogP contribution in [0.2, 0.25) is 0 Å². The van der Waals surface area contributed by atoms with Gasteiger partial charge in [0.2, 0.25) is 0 Å². The maximum absolute atomic E-state index is 10.4. The van der Waals surface area contributed by atoms with E-state index in [1.165, 1.54) is 17.0 Å². The first-order chi connectivity index (χ1) is 9.16. The molecule has 1 aromatic carbocycles. The molecule has 0 fully saturated rings. The molecule has 1 aliphatic carbocycles. The van der Waals surface area contributed by atoms with Gasteiger partial charge in [-0.3, -0.25) is 0 Å². The van der Waals surface area contributed by atoms with Crippen LogP contribution in [0.1, 0.15) is 53.4 Å². The predicted octanol–water partition coefficient (Wildman–Crippen LogP) is 3.91. The first-order valence-electron chi connectivity index (χ1n) is 6.89. The molecule has 0 spiro atoms. The molecule has 100 valence electrons. The summed E-state index contributed by atoms with van der Waals surface area (Å²) in [5.74, 6) is 1.20. The second kappa shape index (κ2) is 5.06. The number of hydrogen-bond acceptors (Lipinski definition) is 3. The second-order valence-electron chi connectivity index (χ2n) is 5.48. The molecule has 19 heavy (non-hydrogen) atoms. The van der Waals surface area contributed by atoms with Gasteiger partial charge in [-0.15, -0.1) is 11.3 Å². The number of thiazole rings is 1. The third-order valence-corrected chi connectivity index (χ3v) is 5.39. The smallest absolute Gasteiger partial charge is 0.131 e. The summed E-state index contributed by atoms with van der Waals surface area (Å²) in [6, 6.07) is 9.79. The standard InChI is InChI=1S/C16H19NOS/c1-10-8-9-13-14(11(10)2)17-16(19-13)15(18)12-6-4-3-5-7-12/h3-7,10-11,15,18H,8-9H2,1-2H3. The predicted molar refractivity (Wildman–Crippen MR) is 78.5 cm³/mol. The van der Waals surface area contributed by atoms with Crippen molar-refractivity contribution >= 4 is 11.3 Å². The van der Waals surface area contributed by atoms with Crippen LogP contribution in [-0.4, -0.2) is 10.1 Å². The van der Waals surface area contributed by atoms with Gasteiger partial charge in [-0.1, -0.05) is 44.2 Å². The number of rotatable bonds is 2. The van der Waals surface area contributed by atoms with Crippen molar-refractivity contribution in [3.63, 3.8) is 0 Å². The number of benzene rings is 1. The van der Waals surface area contributed by atoms with Crippen molar-refractivity contribution in [3.8, 4) is 0 Å². The van der Waals surface area contributed by atoms with Crippen LogP contribution in [0.5, 0.6) is 0 Å². The third-order valence-electron chi connectivity index (χ3n) is 4.20. The fourth-order valence-electron chi connectivity index (χ4n) is 2.69. The van der Waals surface area contributed by atoms with E-state index in [1.54, 1.807) is 11.3 Å². The molecule has 0 aliphatic heterocycles. The highest BCUT2D eigenvalue weighted by Crippen LogP contribution is 2.40. The molecule has 3 heteroatoms. The highest BCUT2D eigenvalue weighted by Gasteiger charge is 2.28. The van der Waals surface area contributed by atoms with E-state index in [4.69, 9.17) is 4.98 Å². The zero-order valence-electron chi connectivity index (χ0n) is 11.3. The molecule has 1 N–H and O–H groups in total. The lowest BCUT2D eigenvalue weighted by molar-refractivity contribution is 0.219. The Morgan fingerprint density at radius 2 is 2.00 bits per heavy atom. The lowest BCUT2D eigenvalue weighted by atomic mass is 9.83. The minimum atomic E-state index is -0.584. The van der Waals surface area contributed by atoms with Crippen molar-refractivity contribution in [3.05, 3.63) is 51.5 Å². The minimum Gasteiger partial charge on any atom is -0.381 e. The van der Waals surface area contributed by atoms with Gasteiger partial charge in [-0.2, -0.15) is 0 Å². The third kappa shape index (κ3) is 2.33. The van der Waals surface area contributed by atoms with Crippen molar-refractivity contribution in [1.82, 2.24) is 4.98 Å². The second-order valence-corrected chi connectivity index (χ2v) is 6.59. The van der Waals surface area contributed by atoms with Crippen molar-refractivity contribution < 1.29 is 5.11 Å². The number of hydrogen-bond donors (Lipinski definition) is 1. The lowest BCUT2D eigenvalue weighted by Gasteiger charge is -2.24. The summed E-state index contributed by atoms with van der Waals surface area (Å²) in [6.45, 7) is 4.54. The summed E-state index contributed by atoms with van der Waals surface area (Å²) in [5.41, 5.74) is 2.14. The van der Waals surface area contributed by atoms with Gasteiger partial charge >= 0.3 is 0 Å². The molecule has 1 aromatic heterocycles. The van der Waals surface area contributed by atoms with Crippen LogP contribution in [0.4, 0.5) is 0 Å². The van der Waals surface area contributed by atoms with E-state index < -0.39 is 6.10 Å². The average Bonchev–Trinajstić information content (AvgIpc) is 2.88. The molecule has 0 saturated heterocycles. The van der Waals surface area contributed by atoms with Crippen LogP contribution in [0.25, 0.3) is 0 Å². The summed E-state index contributed by atoms with van der Waals surface area (Å²) in [7, 11) is 0. The van der Waals surface area contributed by atoms with Gasteiger partial charge in [-0.05, 0) is 24.3 Å². The van der Waals surface area contributed by atoms with Crippen molar-refractivity contribution in [1.29, 1.82) is 0 Å². The maximum atomic E-state index is 10.4. The van der Waals surface area contributed by atoms with E-state index in [1.807, 2.05) is 30.3 Å². The highest BCUT2D eigenvalue weighted by molar-refractivity contribution is 7.11. The quantitative estimate of drug-likeness (QED) is 0.900. The molecule has 2 nitrogen and oxygen atoms in total. The van der Waals surface area contributed by atoms with Gasteiger partial charge in [-0.25, -0.2) is 4.98 Å².